The molecular formula is C18H25ClN2O3S. The number of likely N-dealkylation sites (tertiary alicyclic amines) is 1. The predicted molar refractivity (Wildman–Crippen MR) is 100 cm³/mol. The number of amides is 1. The number of hydrogen-bond acceptors (Lipinski definition) is 3. The first-order valence-electron chi connectivity index (χ1n) is 8.46. The van der Waals surface area contributed by atoms with Gasteiger partial charge in [0.25, 0.3) is 5.91 Å². The first-order valence-corrected chi connectivity index (χ1v) is 10.7. The molecule has 1 aliphatic carbocycles. The molecule has 2 unspecified atom stereocenters. The molecule has 7 heteroatoms. The first kappa shape index (κ1) is 18.5. The molecule has 1 amide bonds. The highest BCUT2D eigenvalue weighted by atomic mass is 35.5. The third-order valence-electron chi connectivity index (χ3n) is 5.18. The summed E-state index contributed by atoms with van der Waals surface area (Å²) < 4.78 is 25.3. The Morgan fingerprint density at radius 1 is 1.28 bits per heavy atom. The van der Waals surface area contributed by atoms with Gasteiger partial charge in [0, 0.05) is 18.2 Å². The van der Waals surface area contributed by atoms with Gasteiger partial charge in [-0.3, -0.25) is 9.52 Å². The number of hydrogen-bond donors (Lipinski definition) is 1. The standard InChI is InChI=1S/C18H25ClN2O3S/c1-17(2)8-13-9-18(3,10-17)11-21(13)16(22)12-5-6-14(19)15(7-12)20-25(4,23)24/h5-7,13,20H,8-11H2,1-4H3. The van der Waals surface area contributed by atoms with Crippen LogP contribution in [0.1, 0.15) is 50.4 Å². The van der Waals surface area contributed by atoms with Crippen LogP contribution < -0.4 is 4.72 Å². The molecule has 3 rings (SSSR count). The second-order valence-corrected chi connectivity index (χ2v) is 10.9. The van der Waals surface area contributed by atoms with Gasteiger partial charge in [-0.15, -0.1) is 0 Å². The molecule has 0 aromatic heterocycles. The summed E-state index contributed by atoms with van der Waals surface area (Å²) in [5, 5.41) is 0.273. The highest BCUT2D eigenvalue weighted by molar-refractivity contribution is 7.92. The van der Waals surface area contributed by atoms with Gasteiger partial charge in [0.2, 0.25) is 10.0 Å². The molecule has 2 aliphatic rings. The molecule has 2 bridgehead atoms. The Balaban J connectivity index is 1.88. The largest absolute Gasteiger partial charge is 0.335 e. The summed E-state index contributed by atoms with van der Waals surface area (Å²) >= 11 is 6.06. The zero-order valence-electron chi connectivity index (χ0n) is 15.1. The highest BCUT2D eigenvalue weighted by Gasteiger charge is 2.51. The second-order valence-electron chi connectivity index (χ2n) is 8.72. The van der Waals surface area contributed by atoms with Crippen LogP contribution in [0, 0.1) is 10.8 Å². The van der Waals surface area contributed by atoms with Crippen molar-refractivity contribution in [3.63, 3.8) is 0 Å². The molecule has 25 heavy (non-hydrogen) atoms. The van der Waals surface area contributed by atoms with Gasteiger partial charge in [-0.25, -0.2) is 8.42 Å². The summed E-state index contributed by atoms with van der Waals surface area (Å²) in [6.07, 6.45) is 4.20. The molecule has 1 aliphatic heterocycles. The van der Waals surface area contributed by atoms with Gasteiger partial charge in [-0.1, -0.05) is 32.4 Å². The maximum Gasteiger partial charge on any atom is 0.254 e. The predicted octanol–water partition coefficient (Wildman–Crippen LogP) is 3.75. The third kappa shape index (κ3) is 3.95. The quantitative estimate of drug-likeness (QED) is 0.862. The number of anilines is 1. The minimum atomic E-state index is -3.46. The van der Waals surface area contributed by atoms with E-state index in [1.165, 1.54) is 6.07 Å². The summed E-state index contributed by atoms with van der Waals surface area (Å²) in [6.45, 7) is 7.54. The fourth-order valence-corrected chi connectivity index (χ4v) is 5.59. The van der Waals surface area contributed by atoms with Crippen molar-refractivity contribution in [2.75, 3.05) is 17.5 Å². The van der Waals surface area contributed by atoms with Crippen LogP contribution in [0.25, 0.3) is 0 Å². The van der Waals surface area contributed by atoms with Crippen molar-refractivity contribution in [2.45, 2.75) is 46.1 Å². The fraction of sp³-hybridized carbons (Fsp3) is 0.611. The molecular weight excluding hydrogens is 360 g/mol. The maximum atomic E-state index is 13.1. The zero-order chi connectivity index (χ0) is 18.6. The molecule has 1 aromatic carbocycles. The van der Waals surface area contributed by atoms with Crippen LogP contribution in [0.5, 0.6) is 0 Å². The molecule has 2 atom stereocenters. The average Bonchev–Trinajstić information content (AvgIpc) is 2.68. The number of fused-ring (bicyclic) bond motifs is 2. The van der Waals surface area contributed by atoms with E-state index in [0.29, 0.717) is 5.56 Å². The van der Waals surface area contributed by atoms with E-state index in [2.05, 4.69) is 25.5 Å². The van der Waals surface area contributed by atoms with E-state index in [9.17, 15) is 13.2 Å². The summed E-state index contributed by atoms with van der Waals surface area (Å²) in [7, 11) is -3.46. The Labute approximate surface area is 154 Å². The van der Waals surface area contributed by atoms with Crippen LogP contribution in [0.15, 0.2) is 18.2 Å². The van der Waals surface area contributed by atoms with E-state index in [1.54, 1.807) is 12.1 Å². The molecule has 138 valence electrons. The van der Waals surface area contributed by atoms with Crippen LogP contribution in [-0.4, -0.2) is 38.1 Å². The number of nitrogens with one attached hydrogen (secondary N) is 1. The van der Waals surface area contributed by atoms with Gasteiger partial charge in [0.05, 0.1) is 17.0 Å². The van der Waals surface area contributed by atoms with Gasteiger partial charge < -0.3 is 4.90 Å². The molecule has 1 saturated heterocycles. The van der Waals surface area contributed by atoms with Crippen LogP contribution in [0.2, 0.25) is 5.02 Å². The summed E-state index contributed by atoms with van der Waals surface area (Å²) in [5.74, 6) is -0.0559. The van der Waals surface area contributed by atoms with Crippen molar-refractivity contribution < 1.29 is 13.2 Å². The maximum absolute atomic E-state index is 13.1. The van der Waals surface area contributed by atoms with Crippen molar-refractivity contribution in [3.8, 4) is 0 Å². The highest BCUT2D eigenvalue weighted by Crippen LogP contribution is 2.52. The van der Waals surface area contributed by atoms with Crippen molar-refractivity contribution in [2.24, 2.45) is 10.8 Å². The smallest absolute Gasteiger partial charge is 0.254 e. The minimum Gasteiger partial charge on any atom is -0.335 e. The molecule has 1 aromatic rings. The lowest BCUT2D eigenvalue weighted by Crippen LogP contribution is -2.37. The number of benzene rings is 1. The Bertz CT molecular complexity index is 822. The van der Waals surface area contributed by atoms with E-state index in [1.807, 2.05) is 4.90 Å². The normalized spacial score (nSPS) is 28.0. The van der Waals surface area contributed by atoms with Gasteiger partial charge in [-0.2, -0.15) is 0 Å². The van der Waals surface area contributed by atoms with Crippen molar-refractivity contribution in [1.29, 1.82) is 0 Å². The van der Waals surface area contributed by atoms with Crippen molar-refractivity contribution >= 4 is 33.2 Å². The number of halogens is 1. The topological polar surface area (TPSA) is 66.5 Å². The van der Waals surface area contributed by atoms with E-state index >= 15 is 0 Å². The van der Waals surface area contributed by atoms with Crippen molar-refractivity contribution in [3.05, 3.63) is 28.8 Å². The molecule has 0 radical (unpaired) electrons. The third-order valence-corrected chi connectivity index (χ3v) is 6.10. The summed E-state index contributed by atoms with van der Waals surface area (Å²) in [5.41, 5.74) is 1.09. The Morgan fingerprint density at radius 3 is 2.60 bits per heavy atom. The van der Waals surface area contributed by atoms with Gasteiger partial charge >= 0.3 is 0 Å². The first-order chi connectivity index (χ1) is 11.4. The summed E-state index contributed by atoms with van der Waals surface area (Å²) in [6, 6.07) is 4.99. The lowest BCUT2D eigenvalue weighted by molar-refractivity contribution is 0.0708. The molecule has 2 fully saturated rings. The van der Waals surface area contributed by atoms with E-state index in [4.69, 9.17) is 11.6 Å². The van der Waals surface area contributed by atoms with Gasteiger partial charge in [0.1, 0.15) is 0 Å². The number of carbonyl (C=O) groups is 1. The lowest BCUT2D eigenvalue weighted by Gasteiger charge is -2.39. The van der Waals surface area contributed by atoms with Gasteiger partial charge in [-0.05, 0) is 48.3 Å². The lowest BCUT2D eigenvalue weighted by atomic mass is 9.65. The molecule has 0 spiro atoms. The SMILES string of the molecule is CC1(C)CC2CC(C)(CN2C(=O)c2ccc(Cl)c(NS(C)(=O)=O)c2)C1. The average molecular weight is 385 g/mol. The Hall–Kier alpha value is -1.27. The van der Waals surface area contributed by atoms with Crippen molar-refractivity contribution in [1.82, 2.24) is 4.90 Å². The minimum absolute atomic E-state index is 0.0559. The van der Waals surface area contributed by atoms with E-state index in [-0.39, 0.29) is 33.5 Å². The number of sulfonamides is 1. The summed E-state index contributed by atoms with van der Waals surface area (Å²) in [4.78, 5) is 15.0. The molecule has 1 heterocycles. The van der Waals surface area contributed by atoms with Gasteiger partial charge in [0.15, 0.2) is 0 Å². The molecule has 1 saturated carbocycles. The van der Waals surface area contributed by atoms with E-state index in [0.717, 1.165) is 32.1 Å². The van der Waals surface area contributed by atoms with Crippen LogP contribution in [0.4, 0.5) is 5.69 Å². The van der Waals surface area contributed by atoms with Crippen LogP contribution in [0.3, 0.4) is 0 Å². The second kappa shape index (κ2) is 5.88. The van der Waals surface area contributed by atoms with Crippen LogP contribution >= 0.6 is 11.6 Å². The number of rotatable bonds is 3. The zero-order valence-corrected chi connectivity index (χ0v) is 16.7. The number of carbonyl (C=O) groups excluding carboxylic acids is 1. The number of nitrogens with zero attached hydrogens (tertiary/aromatic N) is 1. The van der Waals surface area contributed by atoms with Crippen LogP contribution in [-0.2, 0) is 10.0 Å². The fourth-order valence-electron chi connectivity index (χ4n) is 4.80. The Morgan fingerprint density at radius 2 is 1.96 bits per heavy atom. The molecule has 5 nitrogen and oxygen atoms in total. The Kier molecular flexibility index (Phi) is 4.35. The monoisotopic (exact) mass is 384 g/mol. The molecule has 1 N–H and O–H groups in total. The van der Waals surface area contributed by atoms with E-state index < -0.39 is 10.0 Å².